The van der Waals surface area contributed by atoms with Gasteiger partial charge in [-0.05, 0) is 65.3 Å². The van der Waals surface area contributed by atoms with Gasteiger partial charge in [0.15, 0.2) is 11.5 Å². The highest BCUT2D eigenvalue weighted by atomic mass is 16.7. The molecule has 1 amide bonds. The number of aliphatic imine (C=N–C) groups is 1. The molecular formula is C24H34N2O7. The Balaban J connectivity index is 1.84. The van der Waals surface area contributed by atoms with Gasteiger partial charge in [-0.15, -0.1) is 0 Å². The van der Waals surface area contributed by atoms with Crippen molar-refractivity contribution in [3.63, 3.8) is 0 Å². The molecule has 2 heterocycles. The number of likely N-dealkylation sites (tertiary alicyclic amines) is 1. The molecule has 0 aliphatic carbocycles. The van der Waals surface area contributed by atoms with Crippen LogP contribution in [0, 0.1) is 0 Å². The van der Waals surface area contributed by atoms with Crippen molar-refractivity contribution < 1.29 is 33.6 Å². The number of nitrogens with zero attached hydrogens (tertiary/aromatic N) is 2. The molecule has 9 heteroatoms. The molecule has 182 valence electrons. The number of amides is 1. The van der Waals surface area contributed by atoms with Crippen LogP contribution in [0.4, 0.5) is 4.79 Å². The summed E-state index contributed by atoms with van der Waals surface area (Å²) < 4.78 is 21.8. The summed E-state index contributed by atoms with van der Waals surface area (Å²) in [5.41, 5.74) is -1.51. The molecule has 1 saturated heterocycles. The second-order valence-electron chi connectivity index (χ2n) is 10.5. The Morgan fingerprint density at radius 1 is 1.12 bits per heavy atom. The second-order valence-corrected chi connectivity index (χ2v) is 10.5. The summed E-state index contributed by atoms with van der Waals surface area (Å²) in [7, 11) is 1.63. The Labute approximate surface area is 194 Å². The number of β-amino-alcohol motifs (C(OH)–C–C–N with tert-alkyl or cyclic N) is 1. The van der Waals surface area contributed by atoms with Gasteiger partial charge in [-0.1, -0.05) is 0 Å². The Morgan fingerprint density at radius 3 is 2.36 bits per heavy atom. The van der Waals surface area contributed by atoms with Gasteiger partial charge in [-0.25, -0.2) is 9.59 Å². The van der Waals surface area contributed by atoms with Gasteiger partial charge < -0.3 is 24.1 Å². The lowest BCUT2D eigenvalue weighted by atomic mass is 9.90. The molecule has 9 nitrogen and oxygen atoms in total. The molecule has 1 fully saturated rings. The van der Waals surface area contributed by atoms with E-state index in [2.05, 4.69) is 4.99 Å². The predicted molar refractivity (Wildman–Crippen MR) is 122 cm³/mol. The lowest BCUT2D eigenvalue weighted by Crippen LogP contribution is -2.46. The number of carbonyl (C=O) groups is 2. The van der Waals surface area contributed by atoms with E-state index in [-0.39, 0.29) is 26.2 Å². The van der Waals surface area contributed by atoms with Crippen LogP contribution in [0.5, 0.6) is 11.5 Å². The Bertz CT molecular complexity index is 907. The molecule has 33 heavy (non-hydrogen) atoms. The maximum absolute atomic E-state index is 12.9. The average molecular weight is 463 g/mol. The van der Waals surface area contributed by atoms with E-state index >= 15 is 0 Å². The first-order valence-corrected chi connectivity index (χ1v) is 11.0. The van der Waals surface area contributed by atoms with Crippen LogP contribution in [-0.2, 0) is 14.3 Å². The summed E-state index contributed by atoms with van der Waals surface area (Å²) in [4.78, 5) is 31.5. The third kappa shape index (κ3) is 6.16. The predicted octanol–water partition coefficient (Wildman–Crippen LogP) is 3.31. The van der Waals surface area contributed by atoms with Crippen LogP contribution >= 0.6 is 0 Å². The van der Waals surface area contributed by atoms with Gasteiger partial charge in [-0.3, -0.25) is 9.89 Å². The van der Waals surface area contributed by atoms with Gasteiger partial charge in [0, 0.05) is 25.6 Å². The Morgan fingerprint density at radius 2 is 1.76 bits per heavy atom. The lowest BCUT2D eigenvalue weighted by molar-refractivity contribution is -0.160. The molecule has 0 bridgehead atoms. The fourth-order valence-corrected chi connectivity index (χ4v) is 3.88. The number of hydrogen-bond acceptors (Lipinski definition) is 8. The molecular weight excluding hydrogens is 428 g/mol. The second kappa shape index (κ2) is 8.85. The number of benzene rings is 1. The van der Waals surface area contributed by atoms with Gasteiger partial charge in [0.25, 0.3) is 0 Å². The highest BCUT2D eigenvalue weighted by Gasteiger charge is 2.50. The third-order valence-corrected chi connectivity index (χ3v) is 5.19. The van der Waals surface area contributed by atoms with Crippen LogP contribution in [0.15, 0.2) is 23.2 Å². The van der Waals surface area contributed by atoms with Crippen molar-refractivity contribution in [3.8, 4) is 11.5 Å². The van der Waals surface area contributed by atoms with Crippen molar-refractivity contribution in [1.82, 2.24) is 4.90 Å². The minimum atomic E-state index is -1.40. The minimum absolute atomic E-state index is 0.00469. The molecule has 1 N–H and O–H groups in total. The standard InChI is InChI=1S/C24H34N2O7/c1-22(2,3)32-20(27)17-12-24(29,13-26(17)21(28)33-23(4,5)6)11-16(25-7)15-8-9-18-19(10-15)31-14-30-18/h8-10,17,29H,11-14H2,1-7H3/b25-16+/t17-,24+/m0/s1. The fourth-order valence-electron chi connectivity index (χ4n) is 3.88. The number of ether oxygens (including phenoxy) is 4. The maximum atomic E-state index is 12.9. The van der Waals surface area contributed by atoms with Crippen LogP contribution in [-0.4, -0.2) is 71.0 Å². The number of carbonyl (C=O) groups excluding carboxylic acids is 2. The first-order valence-electron chi connectivity index (χ1n) is 11.0. The monoisotopic (exact) mass is 462 g/mol. The first-order chi connectivity index (χ1) is 15.2. The Hall–Kier alpha value is -2.81. The van der Waals surface area contributed by atoms with Gasteiger partial charge in [0.1, 0.15) is 17.2 Å². The van der Waals surface area contributed by atoms with E-state index in [0.29, 0.717) is 17.2 Å². The molecule has 2 atom stereocenters. The zero-order chi connectivity index (χ0) is 24.6. The summed E-state index contributed by atoms with van der Waals surface area (Å²) >= 11 is 0. The summed E-state index contributed by atoms with van der Waals surface area (Å²) in [6.45, 7) is 10.6. The lowest BCUT2D eigenvalue weighted by Gasteiger charge is -2.29. The number of hydrogen-bond donors (Lipinski definition) is 1. The molecule has 2 aliphatic heterocycles. The van der Waals surface area contributed by atoms with Gasteiger partial charge in [0.05, 0.1) is 12.1 Å². The highest BCUT2D eigenvalue weighted by molar-refractivity contribution is 6.02. The van der Waals surface area contributed by atoms with E-state index in [9.17, 15) is 14.7 Å². The molecule has 0 unspecified atom stereocenters. The van der Waals surface area contributed by atoms with Crippen molar-refractivity contribution >= 4 is 17.8 Å². The van der Waals surface area contributed by atoms with E-state index in [0.717, 1.165) is 5.56 Å². The molecule has 1 aromatic rings. The topological polar surface area (TPSA) is 107 Å². The maximum Gasteiger partial charge on any atom is 0.411 e. The normalized spacial score (nSPS) is 23.0. The van der Waals surface area contributed by atoms with Crippen molar-refractivity contribution in [3.05, 3.63) is 23.8 Å². The number of fused-ring (bicyclic) bond motifs is 1. The van der Waals surface area contributed by atoms with E-state index in [1.807, 2.05) is 6.07 Å². The van der Waals surface area contributed by atoms with Crippen molar-refractivity contribution in [1.29, 1.82) is 0 Å². The molecule has 0 aromatic heterocycles. The number of rotatable bonds is 4. The van der Waals surface area contributed by atoms with Crippen LogP contribution in [0.3, 0.4) is 0 Å². The van der Waals surface area contributed by atoms with Crippen molar-refractivity contribution in [2.24, 2.45) is 4.99 Å². The molecule has 3 rings (SSSR count). The van der Waals surface area contributed by atoms with Crippen molar-refractivity contribution in [2.75, 3.05) is 20.4 Å². The van der Waals surface area contributed by atoms with Gasteiger partial charge in [0.2, 0.25) is 6.79 Å². The SMILES string of the molecule is C/N=C(\C[C@@]1(O)C[C@@H](C(=O)OC(C)(C)C)N(C(=O)OC(C)(C)C)C1)c1ccc2c(c1)OCO2. The van der Waals surface area contributed by atoms with Crippen LogP contribution < -0.4 is 9.47 Å². The van der Waals surface area contributed by atoms with Crippen LogP contribution in [0.1, 0.15) is 59.9 Å². The zero-order valence-electron chi connectivity index (χ0n) is 20.4. The number of aliphatic hydroxyl groups is 1. The third-order valence-electron chi connectivity index (χ3n) is 5.19. The smallest absolute Gasteiger partial charge is 0.411 e. The molecule has 2 aliphatic rings. The molecule has 0 saturated carbocycles. The largest absolute Gasteiger partial charge is 0.458 e. The quantitative estimate of drug-likeness (QED) is 0.540. The van der Waals surface area contributed by atoms with Crippen molar-refractivity contribution in [2.45, 2.75) is 77.2 Å². The summed E-state index contributed by atoms with van der Waals surface area (Å²) in [5.74, 6) is 0.672. The molecule has 0 spiro atoms. The van der Waals surface area contributed by atoms with E-state index in [1.54, 1.807) is 60.7 Å². The summed E-state index contributed by atoms with van der Waals surface area (Å²) in [5, 5.41) is 11.5. The molecule has 1 aromatic carbocycles. The van der Waals surface area contributed by atoms with Crippen LogP contribution in [0.2, 0.25) is 0 Å². The van der Waals surface area contributed by atoms with Crippen LogP contribution in [0.25, 0.3) is 0 Å². The van der Waals surface area contributed by atoms with Gasteiger partial charge >= 0.3 is 12.1 Å². The zero-order valence-corrected chi connectivity index (χ0v) is 20.4. The van der Waals surface area contributed by atoms with E-state index in [4.69, 9.17) is 18.9 Å². The molecule has 0 radical (unpaired) electrons. The fraction of sp³-hybridized carbons (Fsp3) is 0.625. The van der Waals surface area contributed by atoms with E-state index < -0.39 is 34.9 Å². The average Bonchev–Trinajstić information content (AvgIpc) is 3.27. The van der Waals surface area contributed by atoms with E-state index in [1.165, 1.54) is 4.90 Å². The summed E-state index contributed by atoms with van der Waals surface area (Å²) in [6.07, 6.45) is -0.542. The Kier molecular flexibility index (Phi) is 6.66. The number of esters is 1. The van der Waals surface area contributed by atoms with Gasteiger partial charge in [-0.2, -0.15) is 0 Å². The minimum Gasteiger partial charge on any atom is -0.458 e. The first kappa shape index (κ1) is 24.8. The highest BCUT2D eigenvalue weighted by Crippen LogP contribution is 2.36. The summed E-state index contributed by atoms with van der Waals surface area (Å²) in [6, 6.07) is 4.46.